The van der Waals surface area contributed by atoms with Crippen molar-refractivity contribution in [2.75, 3.05) is 6.61 Å². The first-order valence-electron chi connectivity index (χ1n) is 6.06. The van der Waals surface area contributed by atoms with Gasteiger partial charge < -0.3 is 10.4 Å². The molecule has 0 aliphatic heterocycles. The Hall–Kier alpha value is -2.21. The molecule has 3 N–H and O–H groups in total. The smallest absolute Gasteiger partial charge is 0.272 e. The number of aliphatic hydroxyl groups is 1. The summed E-state index contributed by atoms with van der Waals surface area (Å²) < 4.78 is 0. The van der Waals surface area contributed by atoms with E-state index in [0.717, 1.165) is 0 Å². The molecule has 0 fully saturated rings. The fourth-order valence-electron chi connectivity index (χ4n) is 1.82. The molecule has 0 radical (unpaired) electrons. The lowest BCUT2D eigenvalue weighted by atomic mass is 10.1. The van der Waals surface area contributed by atoms with Crippen molar-refractivity contribution >= 4 is 16.7 Å². The van der Waals surface area contributed by atoms with Crippen LogP contribution >= 0.6 is 0 Å². The molecule has 6 heteroatoms. The number of carbonyl (C=O) groups is 1. The number of amides is 1. The molecule has 0 bridgehead atoms. The predicted molar refractivity (Wildman–Crippen MR) is 71.0 cm³/mol. The molecule has 1 aromatic heterocycles. The van der Waals surface area contributed by atoms with E-state index in [9.17, 15) is 9.59 Å². The minimum absolute atomic E-state index is 0.135. The number of aromatic nitrogens is 2. The maximum atomic E-state index is 12.1. The predicted octanol–water partition coefficient (Wildman–Crippen LogP) is 0.424. The lowest BCUT2D eigenvalue weighted by molar-refractivity contribution is 0.0910. The summed E-state index contributed by atoms with van der Waals surface area (Å²) in [4.78, 5) is 23.7. The lowest BCUT2D eigenvalue weighted by Gasteiger charge is -2.14. The number of carbonyl (C=O) groups excluding carboxylic acids is 1. The van der Waals surface area contributed by atoms with Gasteiger partial charge in [0.05, 0.1) is 18.0 Å². The highest BCUT2D eigenvalue weighted by atomic mass is 16.3. The third kappa shape index (κ3) is 2.63. The first-order valence-corrected chi connectivity index (χ1v) is 6.06. The molecule has 0 aliphatic carbocycles. The van der Waals surface area contributed by atoms with Gasteiger partial charge in [0.25, 0.3) is 11.5 Å². The molecule has 1 aromatic carbocycles. The molecule has 1 atom stereocenters. The minimum Gasteiger partial charge on any atom is -0.394 e. The molecule has 0 saturated heterocycles. The highest BCUT2D eigenvalue weighted by Gasteiger charge is 2.16. The zero-order chi connectivity index (χ0) is 13.8. The number of benzene rings is 1. The van der Waals surface area contributed by atoms with Crippen molar-refractivity contribution in [2.24, 2.45) is 0 Å². The molecule has 100 valence electrons. The average molecular weight is 261 g/mol. The van der Waals surface area contributed by atoms with Crippen LogP contribution in [0.3, 0.4) is 0 Å². The zero-order valence-corrected chi connectivity index (χ0v) is 10.5. The largest absolute Gasteiger partial charge is 0.394 e. The van der Waals surface area contributed by atoms with Crippen LogP contribution in [0.4, 0.5) is 0 Å². The van der Waals surface area contributed by atoms with E-state index in [1.54, 1.807) is 24.3 Å². The fraction of sp³-hybridized carbons (Fsp3) is 0.308. The standard InChI is InChI=1S/C13H15N3O3/c1-2-8(7-17)14-13(19)11-9-5-3-4-6-10(9)12(18)16-15-11/h3-6,8,17H,2,7H2,1H3,(H,14,19)(H,16,18). The number of hydrogen-bond acceptors (Lipinski definition) is 4. The summed E-state index contributed by atoms with van der Waals surface area (Å²) in [6.07, 6.45) is 0.615. The molecule has 0 saturated carbocycles. The van der Waals surface area contributed by atoms with Crippen molar-refractivity contribution in [2.45, 2.75) is 19.4 Å². The highest BCUT2D eigenvalue weighted by molar-refractivity contribution is 6.04. The molecule has 0 spiro atoms. The van der Waals surface area contributed by atoms with E-state index < -0.39 is 5.91 Å². The summed E-state index contributed by atoms with van der Waals surface area (Å²) in [5.74, 6) is -0.409. The number of fused-ring (bicyclic) bond motifs is 1. The molecule has 1 unspecified atom stereocenters. The highest BCUT2D eigenvalue weighted by Crippen LogP contribution is 2.12. The summed E-state index contributed by atoms with van der Waals surface area (Å²) in [5.41, 5.74) is -0.177. The third-order valence-corrected chi connectivity index (χ3v) is 2.96. The number of aromatic amines is 1. The van der Waals surface area contributed by atoms with Gasteiger partial charge >= 0.3 is 0 Å². The quantitative estimate of drug-likeness (QED) is 0.743. The summed E-state index contributed by atoms with van der Waals surface area (Å²) >= 11 is 0. The Morgan fingerprint density at radius 3 is 2.74 bits per heavy atom. The van der Waals surface area contributed by atoms with Gasteiger partial charge in [-0.1, -0.05) is 25.1 Å². The molecule has 2 aromatic rings. The minimum atomic E-state index is -0.409. The van der Waals surface area contributed by atoms with Crippen LogP contribution < -0.4 is 10.9 Å². The molecule has 2 rings (SSSR count). The van der Waals surface area contributed by atoms with E-state index in [1.165, 1.54) is 0 Å². The Kier molecular flexibility index (Phi) is 3.91. The summed E-state index contributed by atoms with van der Waals surface area (Å²) in [7, 11) is 0. The summed E-state index contributed by atoms with van der Waals surface area (Å²) in [6.45, 7) is 1.73. The Morgan fingerprint density at radius 1 is 1.42 bits per heavy atom. The van der Waals surface area contributed by atoms with Gasteiger partial charge in [-0.2, -0.15) is 5.10 Å². The van der Waals surface area contributed by atoms with Crippen LogP contribution in [0.2, 0.25) is 0 Å². The van der Waals surface area contributed by atoms with Crippen LogP contribution in [0.5, 0.6) is 0 Å². The van der Waals surface area contributed by atoms with Crippen LogP contribution in [0, 0.1) is 0 Å². The maximum absolute atomic E-state index is 12.1. The zero-order valence-electron chi connectivity index (χ0n) is 10.5. The second-order valence-corrected chi connectivity index (χ2v) is 4.21. The molecule has 0 aliphatic rings. The van der Waals surface area contributed by atoms with E-state index >= 15 is 0 Å². The van der Waals surface area contributed by atoms with Gasteiger partial charge in [0, 0.05) is 5.39 Å². The van der Waals surface area contributed by atoms with Gasteiger partial charge in [0.15, 0.2) is 5.69 Å². The molecule has 6 nitrogen and oxygen atoms in total. The van der Waals surface area contributed by atoms with Gasteiger partial charge in [-0.05, 0) is 12.5 Å². The second-order valence-electron chi connectivity index (χ2n) is 4.21. The Balaban J connectivity index is 2.43. The van der Waals surface area contributed by atoms with Gasteiger partial charge in [-0.3, -0.25) is 9.59 Å². The normalized spacial score (nSPS) is 12.3. The van der Waals surface area contributed by atoms with E-state index in [-0.39, 0.29) is 23.9 Å². The van der Waals surface area contributed by atoms with Crippen LogP contribution in [-0.2, 0) is 0 Å². The maximum Gasteiger partial charge on any atom is 0.272 e. The number of aliphatic hydroxyl groups excluding tert-OH is 1. The van der Waals surface area contributed by atoms with Gasteiger partial charge in [-0.15, -0.1) is 0 Å². The second kappa shape index (κ2) is 5.62. The monoisotopic (exact) mass is 261 g/mol. The van der Waals surface area contributed by atoms with Crippen molar-refractivity contribution in [1.29, 1.82) is 0 Å². The van der Waals surface area contributed by atoms with Crippen LogP contribution in [0.25, 0.3) is 10.8 Å². The number of nitrogens with one attached hydrogen (secondary N) is 2. The number of rotatable bonds is 4. The summed E-state index contributed by atoms with van der Waals surface area (Å²) in [5, 5.41) is 18.8. The van der Waals surface area contributed by atoms with Crippen molar-refractivity contribution in [1.82, 2.24) is 15.5 Å². The lowest BCUT2D eigenvalue weighted by Crippen LogP contribution is -2.37. The van der Waals surface area contributed by atoms with Crippen molar-refractivity contribution in [3.8, 4) is 0 Å². The van der Waals surface area contributed by atoms with Crippen molar-refractivity contribution in [3.63, 3.8) is 0 Å². The van der Waals surface area contributed by atoms with Crippen LogP contribution in [0.15, 0.2) is 29.1 Å². The SMILES string of the molecule is CCC(CO)NC(=O)c1n[nH]c(=O)c2ccccc12. The Bertz CT molecular complexity index is 647. The molecule has 1 amide bonds. The summed E-state index contributed by atoms with van der Waals surface area (Å²) in [6, 6.07) is 6.45. The van der Waals surface area contributed by atoms with Gasteiger partial charge in [-0.25, -0.2) is 5.10 Å². The molecular weight excluding hydrogens is 246 g/mol. The number of nitrogens with zero attached hydrogens (tertiary/aromatic N) is 1. The topological polar surface area (TPSA) is 95.1 Å². The fourth-order valence-corrected chi connectivity index (χ4v) is 1.82. The first kappa shape index (κ1) is 13.2. The van der Waals surface area contributed by atoms with E-state index in [1.807, 2.05) is 6.92 Å². The number of H-pyrrole nitrogens is 1. The molecule has 1 heterocycles. The van der Waals surface area contributed by atoms with Crippen LogP contribution in [0.1, 0.15) is 23.8 Å². The Morgan fingerprint density at radius 2 is 2.11 bits per heavy atom. The van der Waals surface area contributed by atoms with E-state index in [4.69, 9.17) is 5.11 Å². The average Bonchev–Trinajstić information content (AvgIpc) is 2.45. The Labute approximate surface area is 109 Å². The van der Waals surface area contributed by atoms with E-state index in [0.29, 0.717) is 17.2 Å². The van der Waals surface area contributed by atoms with Crippen molar-refractivity contribution in [3.05, 3.63) is 40.3 Å². The van der Waals surface area contributed by atoms with Crippen molar-refractivity contribution < 1.29 is 9.90 Å². The third-order valence-electron chi connectivity index (χ3n) is 2.96. The molecular formula is C13H15N3O3. The van der Waals surface area contributed by atoms with Crippen LogP contribution in [-0.4, -0.2) is 33.9 Å². The number of hydrogen-bond donors (Lipinski definition) is 3. The van der Waals surface area contributed by atoms with Gasteiger partial charge in [0.2, 0.25) is 0 Å². The van der Waals surface area contributed by atoms with E-state index in [2.05, 4.69) is 15.5 Å². The van der Waals surface area contributed by atoms with Gasteiger partial charge in [0.1, 0.15) is 0 Å². The molecule has 19 heavy (non-hydrogen) atoms. The first-order chi connectivity index (χ1) is 9.17.